The molecule has 0 bridgehead atoms. The lowest BCUT2D eigenvalue weighted by atomic mass is 9.89. The minimum Gasteiger partial charge on any atom is -0.496 e. The number of amides is 1. The first-order valence-electron chi connectivity index (χ1n) is 7.92. The van der Waals surface area contributed by atoms with Crippen LogP contribution in [0.1, 0.15) is 42.5 Å². The molecule has 124 valence electrons. The Bertz CT molecular complexity index is 609. The Labute approximate surface area is 135 Å². The predicted molar refractivity (Wildman–Crippen MR) is 82.4 cm³/mol. The second-order valence-electron chi connectivity index (χ2n) is 6.05. The largest absolute Gasteiger partial charge is 0.496 e. The van der Waals surface area contributed by atoms with E-state index in [0.717, 1.165) is 19.3 Å². The number of carbonyl (C=O) groups excluding carboxylic acids is 1. The lowest BCUT2D eigenvalue weighted by molar-refractivity contribution is -0.143. The molecule has 0 unspecified atom stereocenters. The van der Waals surface area contributed by atoms with Crippen molar-refractivity contribution in [1.29, 1.82) is 0 Å². The van der Waals surface area contributed by atoms with E-state index in [0.29, 0.717) is 24.2 Å². The monoisotopic (exact) mass is 319 g/mol. The van der Waals surface area contributed by atoms with Crippen LogP contribution >= 0.6 is 0 Å². The van der Waals surface area contributed by atoms with Gasteiger partial charge in [-0.05, 0) is 37.8 Å². The number of nitrogens with zero attached hydrogens (tertiary/aromatic N) is 1. The summed E-state index contributed by atoms with van der Waals surface area (Å²) < 4.78 is 11.1. The van der Waals surface area contributed by atoms with E-state index >= 15 is 0 Å². The molecule has 2 aliphatic rings. The lowest BCUT2D eigenvalue weighted by Gasteiger charge is -2.41. The lowest BCUT2D eigenvalue weighted by Crippen LogP contribution is -2.54. The number of aliphatic carboxylic acids is 1. The van der Waals surface area contributed by atoms with Crippen LogP contribution in [0.15, 0.2) is 24.3 Å². The summed E-state index contributed by atoms with van der Waals surface area (Å²) in [5.41, 5.74) is -0.420. The fourth-order valence-corrected chi connectivity index (χ4v) is 3.61. The van der Waals surface area contributed by atoms with Crippen LogP contribution in [0.4, 0.5) is 0 Å². The van der Waals surface area contributed by atoms with E-state index in [9.17, 15) is 14.7 Å². The van der Waals surface area contributed by atoms with Gasteiger partial charge in [0.25, 0.3) is 5.91 Å². The van der Waals surface area contributed by atoms with Gasteiger partial charge in [-0.2, -0.15) is 0 Å². The van der Waals surface area contributed by atoms with E-state index in [1.54, 1.807) is 24.3 Å². The highest BCUT2D eigenvalue weighted by atomic mass is 16.5. The van der Waals surface area contributed by atoms with Gasteiger partial charge in [0.15, 0.2) is 6.04 Å². The molecule has 1 heterocycles. The Morgan fingerprint density at radius 3 is 2.61 bits per heavy atom. The number of hydrogen-bond donors (Lipinski definition) is 1. The van der Waals surface area contributed by atoms with Crippen LogP contribution in [0.2, 0.25) is 0 Å². The molecule has 1 N–H and O–H groups in total. The molecule has 6 heteroatoms. The molecular weight excluding hydrogens is 298 g/mol. The number of hydrogen-bond acceptors (Lipinski definition) is 4. The summed E-state index contributed by atoms with van der Waals surface area (Å²) in [6.07, 6.45) is 4.30. The van der Waals surface area contributed by atoms with E-state index in [4.69, 9.17) is 9.47 Å². The van der Waals surface area contributed by atoms with E-state index in [2.05, 4.69) is 0 Å². The standard InChI is InChI=1S/C17H21NO5/c1-22-14-8-4-3-7-12(14)15(19)18-13(16(20)21)11-23-17(18)9-5-2-6-10-17/h3-4,7-8,13H,2,5-6,9-11H2,1H3,(H,20,21)/t13-/m1/s1. The summed E-state index contributed by atoms with van der Waals surface area (Å²) in [7, 11) is 1.50. The highest BCUT2D eigenvalue weighted by molar-refractivity contribution is 5.99. The van der Waals surface area contributed by atoms with Crippen molar-refractivity contribution in [1.82, 2.24) is 4.90 Å². The van der Waals surface area contributed by atoms with Crippen molar-refractivity contribution in [2.75, 3.05) is 13.7 Å². The van der Waals surface area contributed by atoms with Crippen LogP contribution < -0.4 is 4.74 Å². The van der Waals surface area contributed by atoms with Crippen molar-refractivity contribution in [2.45, 2.75) is 43.9 Å². The van der Waals surface area contributed by atoms with Crippen molar-refractivity contribution in [3.05, 3.63) is 29.8 Å². The average Bonchev–Trinajstić information content (AvgIpc) is 2.93. The number of carboxylic acid groups (broad SMARTS) is 1. The van der Waals surface area contributed by atoms with Gasteiger partial charge in [0.1, 0.15) is 11.5 Å². The number of ether oxygens (including phenoxy) is 2. The molecule has 1 aromatic carbocycles. The van der Waals surface area contributed by atoms with Crippen molar-refractivity contribution in [3.63, 3.8) is 0 Å². The normalized spacial score (nSPS) is 23.0. The molecule has 6 nitrogen and oxygen atoms in total. The SMILES string of the molecule is COc1ccccc1C(=O)N1[C@@H](C(=O)O)COC12CCCCC2. The Balaban J connectivity index is 2.00. The highest BCUT2D eigenvalue weighted by Gasteiger charge is 2.53. The molecule has 3 rings (SSSR count). The van der Waals surface area contributed by atoms with E-state index < -0.39 is 17.7 Å². The van der Waals surface area contributed by atoms with Crippen LogP contribution in [0.5, 0.6) is 5.75 Å². The minimum atomic E-state index is -1.03. The van der Waals surface area contributed by atoms with Crippen LogP contribution in [-0.2, 0) is 9.53 Å². The molecule has 0 aromatic heterocycles. The molecular formula is C17H21NO5. The number of carboxylic acids is 1. The average molecular weight is 319 g/mol. The molecule has 23 heavy (non-hydrogen) atoms. The first kappa shape index (κ1) is 15.8. The molecule has 2 fully saturated rings. The van der Waals surface area contributed by atoms with Gasteiger partial charge in [-0.15, -0.1) is 0 Å². The van der Waals surface area contributed by atoms with Gasteiger partial charge in [-0.3, -0.25) is 9.69 Å². The van der Waals surface area contributed by atoms with Crippen LogP contribution in [0.25, 0.3) is 0 Å². The number of rotatable bonds is 3. The molecule has 1 amide bonds. The fraction of sp³-hybridized carbons (Fsp3) is 0.529. The summed E-state index contributed by atoms with van der Waals surface area (Å²) in [4.78, 5) is 26.2. The highest BCUT2D eigenvalue weighted by Crippen LogP contribution is 2.42. The molecule has 0 radical (unpaired) electrons. The minimum absolute atomic E-state index is 0.0379. The number of para-hydroxylation sites is 1. The maximum atomic E-state index is 13.1. The first-order chi connectivity index (χ1) is 11.1. The molecule has 1 aliphatic carbocycles. The third kappa shape index (κ3) is 2.67. The maximum absolute atomic E-state index is 13.1. The second kappa shape index (κ2) is 6.20. The van der Waals surface area contributed by atoms with Crippen molar-refractivity contribution >= 4 is 11.9 Å². The predicted octanol–water partition coefficient (Wildman–Crippen LogP) is 2.28. The second-order valence-corrected chi connectivity index (χ2v) is 6.05. The Morgan fingerprint density at radius 2 is 1.96 bits per heavy atom. The molecule has 1 saturated carbocycles. The first-order valence-corrected chi connectivity index (χ1v) is 7.92. The fourth-order valence-electron chi connectivity index (χ4n) is 3.61. The van der Waals surface area contributed by atoms with E-state index in [1.165, 1.54) is 12.0 Å². The van der Waals surface area contributed by atoms with Gasteiger partial charge in [0.05, 0.1) is 19.3 Å². The van der Waals surface area contributed by atoms with Gasteiger partial charge in [-0.25, -0.2) is 4.79 Å². The molecule has 1 atom stereocenters. The summed E-state index contributed by atoms with van der Waals surface area (Å²) in [6, 6.07) is 5.94. The molecule has 1 saturated heterocycles. The van der Waals surface area contributed by atoms with Crippen LogP contribution in [0, 0.1) is 0 Å². The van der Waals surface area contributed by atoms with Gasteiger partial charge >= 0.3 is 5.97 Å². The van der Waals surface area contributed by atoms with Crippen LogP contribution in [0.3, 0.4) is 0 Å². The summed E-state index contributed by atoms with van der Waals surface area (Å²) in [6.45, 7) is 0.0379. The zero-order valence-corrected chi connectivity index (χ0v) is 13.2. The molecule has 1 spiro atoms. The third-order valence-electron chi connectivity index (χ3n) is 4.74. The smallest absolute Gasteiger partial charge is 0.328 e. The van der Waals surface area contributed by atoms with Gasteiger partial charge in [-0.1, -0.05) is 18.6 Å². The topological polar surface area (TPSA) is 76.1 Å². The Kier molecular flexibility index (Phi) is 4.26. The number of methoxy groups -OCH3 is 1. The van der Waals surface area contributed by atoms with Crippen LogP contribution in [-0.4, -0.2) is 47.4 Å². The Morgan fingerprint density at radius 1 is 1.26 bits per heavy atom. The Hall–Kier alpha value is -2.08. The summed E-state index contributed by atoms with van der Waals surface area (Å²) >= 11 is 0. The third-order valence-corrected chi connectivity index (χ3v) is 4.74. The van der Waals surface area contributed by atoms with E-state index in [1.807, 2.05) is 0 Å². The number of carbonyl (C=O) groups is 2. The van der Waals surface area contributed by atoms with Crippen molar-refractivity contribution in [2.24, 2.45) is 0 Å². The van der Waals surface area contributed by atoms with Crippen molar-refractivity contribution < 1.29 is 24.2 Å². The summed E-state index contributed by atoms with van der Waals surface area (Å²) in [5, 5.41) is 9.51. The number of benzene rings is 1. The molecule has 1 aliphatic heterocycles. The van der Waals surface area contributed by atoms with Gasteiger partial charge < -0.3 is 14.6 Å². The zero-order chi connectivity index (χ0) is 16.4. The quantitative estimate of drug-likeness (QED) is 0.925. The zero-order valence-electron chi connectivity index (χ0n) is 13.2. The van der Waals surface area contributed by atoms with Gasteiger partial charge in [0, 0.05) is 0 Å². The molecule has 1 aromatic rings. The maximum Gasteiger partial charge on any atom is 0.328 e. The van der Waals surface area contributed by atoms with E-state index in [-0.39, 0.29) is 12.5 Å². The van der Waals surface area contributed by atoms with Crippen molar-refractivity contribution in [3.8, 4) is 5.75 Å². The van der Waals surface area contributed by atoms with Gasteiger partial charge in [0.2, 0.25) is 0 Å². The summed E-state index contributed by atoms with van der Waals surface area (Å²) in [5.74, 6) is -0.926.